The van der Waals surface area contributed by atoms with E-state index in [1.807, 2.05) is 35.2 Å². The summed E-state index contributed by atoms with van der Waals surface area (Å²) in [4.78, 5) is 19.4. The number of thiophene rings is 1. The average Bonchev–Trinajstić information content (AvgIpc) is 2.89. The molecule has 0 aliphatic carbocycles. The average molecular weight is 368 g/mol. The first-order valence-corrected chi connectivity index (χ1v) is 10.0. The fourth-order valence-electron chi connectivity index (χ4n) is 3.41. The lowest BCUT2D eigenvalue weighted by Gasteiger charge is -2.21. The van der Waals surface area contributed by atoms with E-state index >= 15 is 0 Å². The van der Waals surface area contributed by atoms with Crippen LogP contribution in [0.15, 0.2) is 30.3 Å². The molecule has 0 spiro atoms. The molecule has 0 saturated carbocycles. The molecule has 0 atom stereocenters. The van der Waals surface area contributed by atoms with E-state index in [-0.39, 0.29) is 5.91 Å². The summed E-state index contributed by atoms with van der Waals surface area (Å²) in [6, 6.07) is 12.0. The Hall–Kier alpha value is -2.16. The van der Waals surface area contributed by atoms with Gasteiger partial charge in [-0.3, -0.25) is 9.69 Å². The van der Waals surface area contributed by atoms with E-state index in [1.54, 1.807) is 11.3 Å². The number of hydrogen-bond acceptors (Lipinski definition) is 4. The van der Waals surface area contributed by atoms with E-state index in [9.17, 15) is 4.79 Å². The summed E-state index contributed by atoms with van der Waals surface area (Å²) >= 11 is 1.64. The lowest BCUT2D eigenvalue weighted by Crippen LogP contribution is -2.34. The molecule has 0 unspecified atom stereocenters. The van der Waals surface area contributed by atoms with Gasteiger partial charge >= 0.3 is 0 Å². The summed E-state index contributed by atoms with van der Waals surface area (Å²) in [7, 11) is 0. The molecular formula is C21H25N3OS. The first kappa shape index (κ1) is 18.6. The van der Waals surface area contributed by atoms with Gasteiger partial charge in [0.1, 0.15) is 0 Å². The standard InChI is InChI=1S/C21H25N3OS/c1-3-19-16(2)13-20(26-19)21(25)24-10-4-9-23(11-12-24)15-18-7-5-17(14-22)6-8-18/h5-8,13H,3-4,9-12,15H2,1-2H3. The molecule has 26 heavy (non-hydrogen) atoms. The monoisotopic (exact) mass is 367 g/mol. The van der Waals surface area contributed by atoms with Crippen molar-refractivity contribution in [2.75, 3.05) is 26.2 Å². The normalized spacial score (nSPS) is 15.5. The molecule has 3 rings (SSSR count). The minimum Gasteiger partial charge on any atom is -0.337 e. The molecule has 1 aromatic heterocycles. The molecule has 4 nitrogen and oxygen atoms in total. The second kappa shape index (κ2) is 8.48. The Morgan fingerprint density at radius 1 is 1.19 bits per heavy atom. The number of hydrogen-bond donors (Lipinski definition) is 0. The third kappa shape index (κ3) is 4.32. The molecule has 1 aromatic carbocycles. The lowest BCUT2D eigenvalue weighted by molar-refractivity contribution is 0.0766. The van der Waals surface area contributed by atoms with Crippen molar-refractivity contribution in [1.29, 1.82) is 5.26 Å². The van der Waals surface area contributed by atoms with Gasteiger partial charge in [0.2, 0.25) is 0 Å². The number of rotatable bonds is 4. The van der Waals surface area contributed by atoms with Gasteiger partial charge < -0.3 is 4.90 Å². The number of carbonyl (C=O) groups is 1. The Morgan fingerprint density at radius 3 is 2.62 bits per heavy atom. The van der Waals surface area contributed by atoms with Crippen molar-refractivity contribution < 1.29 is 4.79 Å². The van der Waals surface area contributed by atoms with Crippen LogP contribution < -0.4 is 0 Å². The highest BCUT2D eigenvalue weighted by molar-refractivity contribution is 7.14. The van der Waals surface area contributed by atoms with Crippen LogP contribution in [-0.2, 0) is 13.0 Å². The third-order valence-electron chi connectivity index (χ3n) is 4.92. The second-order valence-electron chi connectivity index (χ2n) is 6.80. The van der Waals surface area contributed by atoms with Crippen LogP contribution in [0.3, 0.4) is 0 Å². The van der Waals surface area contributed by atoms with Crippen LogP contribution >= 0.6 is 11.3 Å². The first-order valence-electron chi connectivity index (χ1n) is 9.20. The second-order valence-corrected chi connectivity index (χ2v) is 7.94. The fourth-order valence-corrected chi connectivity index (χ4v) is 4.49. The van der Waals surface area contributed by atoms with Gasteiger partial charge in [-0.05, 0) is 49.1 Å². The van der Waals surface area contributed by atoms with Gasteiger partial charge in [-0.15, -0.1) is 11.3 Å². The fraction of sp³-hybridized carbons (Fsp3) is 0.429. The van der Waals surface area contributed by atoms with E-state index < -0.39 is 0 Å². The molecule has 1 aliphatic rings. The summed E-state index contributed by atoms with van der Waals surface area (Å²) in [5, 5.41) is 8.90. The van der Waals surface area contributed by atoms with Crippen molar-refractivity contribution in [2.24, 2.45) is 0 Å². The predicted octanol–water partition coefficient (Wildman–Crippen LogP) is 3.84. The quantitative estimate of drug-likeness (QED) is 0.825. The molecule has 1 amide bonds. The predicted molar refractivity (Wildman–Crippen MR) is 105 cm³/mol. The maximum atomic E-state index is 12.9. The van der Waals surface area contributed by atoms with Crippen molar-refractivity contribution in [3.63, 3.8) is 0 Å². The Kier molecular flexibility index (Phi) is 6.08. The smallest absolute Gasteiger partial charge is 0.263 e. The summed E-state index contributed by atoms with van der Waals surface area (Å²) in [6.07, 6.45) is 1.98. The Bertz CT molecular complexity index is 804. The van der Waals surface area contributed by atoms with E-state index in [2.05, 4.69) is 24.8 Å². The van der Waals surface area contributed by atoms with E-state index in [0.29, 0.717) is 5.56 Å². The van der Waals surface area contributed by atoms with Crippen LogP contribution in [0.4, 0.5) is 0 Å². The maximum Gasteiger partial charge on any atom is 0.263 e. The molecule has 2 heterocycles. The van der Waals surface area contributed by atoms with Crippen LogP contribution in [0.25, 0.3) is 0 Å². The molecule has 1 aliphatic heterocycles. The minimum atomic E-state index is 0.179. The van der Waals surface area contributed by atoms with Gasteiger partial charge in [-0.25, -0.2) is 0 Å². The number of amides is 1. The lowest BCUT2D eigenvalue weighted by atomic mass is 10.1. The SMILES string of the molecule is CCc1sc(C(=O)N2CCCN(Cc3ccc(C#N)cc3)CC2)cc1C. The Morgan fingerprint density at radius 2 is 1.96 bits per heavy atom. The molecule has 0 N–H and O–H groups in total. The largest absolute Gasteiger partial charge is 0.337 e. The van der Waals surface area contributed by atoms with Gasteiger partial charge in [0, 0.05) is 37.6 Å². The number of nitrogens with zero attached hydrogens (tertiary/aromatic N) is 3. The van der Waals surface area contributed by atoms with Crippen LogP contribution in [-0.4, -0.2) is 41.9 Å². The van der Waals surface area contributed by atoms with Crippen LogP contribution in [0.2, 0.25) is 0 Å². The maximum absolute atomic E-state index is 12.9. The summed E-state index contributed by atoms with van der Waals surface area (Å²) in [5.74, 6) is 0.179. The summed E-state index contributed by atoms with van der Waals surface area (Å²) in [5.41, 5.74) is 3.14. The molecule has 0 radical (unpaired) electrons. The summed E-state index contributed by atoms with van der Waals surface area (Å²) in [6.45, 7) is 8.57. The molecule has 2 aromatic rings. The highest BCUT2D eigenvalue weighted by Gasteiger charge is 2.22. The first-order chi connectivity index (χ1) is 12.6. The molecule has 5 heteroatoms. The van der Waals surface area contributed by atoms with Gasteiger partial charge in [0.25, 0.3) is 5.91 Å². The van der Waals surface area contributed by atoms with Crippen molar-refractivity contribution in [2.45, 2.75) is 33.2 Å². The molecular weight excluding hydrogens is 342 g/mol. The number of benzene rings is 1. The molecule has 1 fully saturated rings. The van der Waals surface area contributed by atoms with Crippen LogP contribution in [0.1, 0.15) is 44.6 Å². The third-order valence-corrected chi connectivity index (χ3v) is 6.29. The zero-order chi connectivity index (χ0) is 18.5. The molecule has 136 valence electrons. The Labute approximate surface area is 159 Å². The Balaban J connectivity index is 1.60. The van der Waals surface area contributed by atoms with Gasteiger partial charge in [0.15, 0.2) is 0 Å². The van der Waals surface area contributed by atoms with Crippen molar-refractivity contribution in [3.8, 4) is 6.07 Å². The topological polar surface area (TPSA) is 47.3 Å². The van der Waals surface area contributed by atoms with Crippen molar-refractivity contribution in [3.05, 3.63) is 56.8 Å². The van der Waals surface area contributed by atoms with E-state index in [1.165, 1.54) is 16.0 Å². The molecule has 0 bridgehead atoms. The highest BCUT2D eigenvalue weighted by atomic mass is 32.1. The number of nitriles is 1. The summed E-state index contributed by atoms with van der Waals surface area (Å²) < 4.78 is 0. The zero-order valence-corrected chi connectivity index (χ0v) is 16.3. The van der Waals surface area contributed by atoms with Gasteiger partial charge in [-0.2, -0.15) is 5.26 Å². The van der Waals surface area contributed by atoms with Crippen LogP contribution in [0.5, 0.6) is 0 Å². The van der Waals surface area contributed by atoms with E-state index in [4.69, 9.17) is 5.26 Å². The number of carbonyl (C=O) groups excluding carboxylic acids is 1. The molecule has 1 saturated heterocycles. The van der Waals surface area contributed by atoms with Crippen molar-refractivity contribution in [1.82, 2.24) is 9.80 Å². The minimum absolute atomic E-state index is 0.179. The zero-order valence-electron chi connectivity index (χ0n) is 15.5. The number of aryl methyl sites for hydroxylation is 2. The highest BCUT2D eigenvalue weighted by Crippen LogP contribution is 2.24. The van der Waals surface area contributed by atoms with Gasteiger partial charge in [-0.1, -0.05) is 19.1 Å². The van der Waals surface area contributed by atoms with Crippen molar-refractivity contribution >= 4 is 17.2 Å². The van der Waals surface area contributed by atoms with Crippen LogP contribution in [0, 0.1) is 18.3 Å². The van der Waals surface area contributed by atoms with Gasteiger partial charge in [0.05, 0.1) is 16.5 Å². The van der Waals surface area contributed by atoms with E-state index in [0.717, 1.165) is 50.4 Å².